The summed E-state index contributed by atoms with van der Waals surface area (Å²) in [6.07, 6.45) is 8.12. The van der Waals surface area contributed by atoms with Crippen LogP contribution >= 0.6 is 0 Å². The molecule has 1 amide bonds. The van der Waals surface area contributed by atoms with Gasteiger partial charge in [0, 0.05) is 57.2 Å². The van der Waals surface area contributed by atoms with Gasteiger partial charge in [0.2, 0.25) is 5.91 Å². The van der Waals surface area contributed by atoms with Gasteiger partial charge in [-0.05, 0) is 25.5 Å². The van der Waals surface area contributed by atoms with Gasteiger partial charge in [-0.1, -0.05) is 0 Å². The maximum atomic E-state index is 12.2. The summed E-state index contributed by atoms with van der Waals surface area (Å²) in [6, 6.07) is 4.42. The van der Waals surface area contributed by atoms with E-state index in [0.717, 1.165) is 30.7 Å². The molecule has 1 saturated heterocycles. The summed E-state index contributed by atoms with van der Waals surface area (Å²) in [5.74, 6) is 1.50. The Bertz CT molecular complexity index is 664. The van der Waals surface area contributed by atoms with Crippen molar-refractivity contribution in [1.29, 1.82) is 0 Å². The number of likely N-dealkylation sites (tertiary alicyclic amines) is 1. The molecule has 0 radical (unpaired) electrons. The number of aryl methyl sites for hydroxylation is 2. The number of hydrogen-bond acceptors (Lipinski definition) is 4. The number of aromatic nitrogens is 2. The zero-order valence-electron chi connectivity index (χ0n) is 14.6. The van der Waals surface area contributed by atoms with E-state index in [0.29, 0.717) is 12.5 Å². The van der Waals surface area contributed by atoms with E-state index in [4.69, 9.17) is 4.42 Å². The Balaban J connectivity index is 1.55. The predicted octanol–water partition coefficient (Wildman–Crippen LogP) is 2.14. The lowest BCUT2D eigenvalue weighted by molar-refractivity contribution is -0.127. The minimum atomic E-state index is 0.107. The zero-order chi connectivity index (χ0) is 17.1. The molecule has 0 aromatic carbocycles. The van der Waals surface area contributed by atoms with Crippen LogP contribution in [-0.4, -0.2) is 40.2 Å². The highest BCUT2D eigenvalue weighted by atomic mass is 16.3. The van der Waals surface area contributed by atoms with Crippen LogP contribution in [0.2, 0.25) is 0 Å². The summed E-state index contributed by atoms with van der Waals surface area (Å²) in [5.41, 5.74) is 1.11. The predicted molar refractivity (Wildman–Crippen MR) is 91.3 cm³/mol. The Morgan fingerprint density at radius 1 is 1.46 bits per heavy atom. The van der Waals surface area contributed by atoms with Gasteiger partial charge in [-0.25, -0.2) is 0 Å². The minimum absolute atomic E-state index is 0.107. The SMILES string of the molecule is CC(CCc1ccco1)NC[C@@H]1CC(=O)N(C)[C@H]1c1cnn(C)c1. The third-order valence-corrected chi connectivity index (χ3v) is 4.89. The molecule has 0 saturated carbocycles. The fraction of sp³-hybridized carbons (Fsp3) is 0.556. The van der Waals surface area contributed by atoms with Crippen molar-refractivity contribution < 1.29 is 9.21 Å². The van der Waals surface area contributed by atoms with Crippen molar-refractivity contribution in [1.82, 2.24) is 20.0 Å². The van der Waals surface area contributed by atoms with Gasteiger partial charge in [-0.2, -0.15) is 5.10 Å². The Morgan fingerprint density at radius 2 is 2.29 bits per heavy atom. The van der Waals surface area contributed by atoms with Gasteiger partial charge < -0.3 is 14.6 Å². The number of hydrogen-bond donors (Lipinski definition) is 1. The van der Waals surface area contributed by atoms with Crippen LogP contribution < -0.4 is 5.32 Å². The standard InChI is InChI=1S/C18H26N4O2/c1-13(6-7-16-5-4-8-24-16)19-10-14-9-17(23)22(3)18(14)15-11-20-21(2)12-15/h4-5,8,11-14,18-19H,6-7,9-10H2,1-3H3/t13?,14-,18+/m0/s1. The second-order valence-electron chi connectivity index (χ2n) is 6.79. The maximum Gasteiger partial charge on any atom is 0.223 e. The van der Waals surface area contributed by atoms with Crippen molar-refractivity contribution in [2.75, 3.05) is 13.6 Å². The molecule has 0 aliphatic carbocycles. The normalized spacial score (nSPS) is 22.3. The van der Waals surface area contributed by atoms with Crippen molar-refractivity contribution in [3.63, 3.8) is 0 Å². The Kier molecular flexibility index (Phi) is 5.04. The monoisotopic (exact) mass is 330 g/mol. The van der Waals surface area contributed by atoms with Crippen LogP contribution in [0.1, 0.15) is 37.1 Å². The van der Waals surface area contributed by atoms with E-state index in [2.05, 4.69) is 17.3 Å². The van der Waals surface area contributed by atoms with E-state index in [1.54, 1.807) is 10.9 Å². The number of rotatable bonds is 7. The topological polar surface area (TPSA) is 63.3 Å². The van der Waals surface area contributed by atoms with Crippen LogP contribution in [0.15, 0.2) is 35.2 Å². The van der Waals surface area contributed by atoms with Crippen molar-refractivity contribution in [2.24, 2.45) is 13.0 Å². The molecular weight excluding hydrogens is 304 g/mol. The number of nitrogens with one attached hydrogen (secondary N) is 1. The second-order valence-corrected chi connectivity index (χ2v) is 6.79. The molecule has 6 heteroatoms. The lowest BCUT2D eigenvalue weighted by Gasteiger charge is -2.25. The van der Waals surface area contributed by atoms with Crippen LogP contribution in [-0.2, 0) is 18.3 Å². The van der Waals surface area contributed by atoms with Crippen LogP contribution in [0.5, 0.6) is 0 Å². The summed E-state index contributed by atoms with van der Waals surface area (Å²) in [7, 11) is 3.80. The number of carbonyl (C=O) groups is 1. The van der Waals surface area contributed by atoms with E-state index >= 15 is 0 Å². The molecule has 1 aliphatic heterocycles. The number of furan rings is 1. The highest BCUT2D eigenvalue weighted by Crippen LogP contribution is 2.36. The molecule has 24 heavy (non-hydrogen) atoms. The highest BCUT2D eigenvalue weighted by molar-refractivity contribution is 5.79. The average molecular weight is 330 g/mol. The van der Waals surface area contributed by atoms with E-state index in [9.17, 15) is 4.79 Å². The Morgan fingerprint density at radius 3 is 2.96 bits per heavy atom. The fourth-order valence-electron chi connectivity index (χ4n) is 3.49. The molecule has 2 aromatic heterocycles. The molecule has 0 spiro atoms. The van der Waals surface area contributed by atoms with Gasteiger partial charge >= 0.3 is 0 Å². The first-order valence-corrected chi connectivity index (χ1v) is 8.54. The van der Waals surface area contributed by atoms with Crippen LogP contribution in [0.25, 0.3) is 0 Å². The summed E-state index contributed by atoms with van der Waals surface area (Å²) < 4.78 is 7.17. The van der Waals surface area contributed by atoms with E-state index in [1.807, 2.05) is 43.5 Å². The van der Waals surface area contributed by atoms with Gasteiger partial charge in [0.25, 0.3) is 0 Å². The first-order chi connectivity index (χ1) is 11.5. The molecule has 3 heterocycles. The Labute approximate surface area is 142 Å². The first kappa shape index (κ1) is 16.8. The molecule has 3 rings (SSSR count). The highest BCUT2D eigenvalue weighted by Gasteiger charge is 2.38. The first-order valence-electron chi connectivity index (χ1n) is 8.54. The van der Waals surface area contributed by atoms with E-state index in [1.165, 1.54) is 0 Å². The number of carbonyl (C=O) groups excluding carboxylic acids is 1. The van der Waals surface area contributed by atoms with Gasteiger partial charge in [0.15, 0.2) is 0 Å². The molecule has 6 nitrogen and oxygen atoms in total. The van der Waals surface area contributed by atoms with Crippen molar-refractivity contribution in [2.45, 2.75) is 38.3 Å². The van der Waals surface area contributed by atoms with E-state index in [-0.39, 0.29) is 17.9 Å². The third-order valence-electron chi connectivity index (χ3n) is 4.89. The summed E-state index contributed by atoms with van der Waals surface area (Å²) in [5, 5.41) is 7.84. The smallest absolute Gasteiger partial charge is 0.223 e. The summed E-state index contributed by atoms with van der Waals surface area (Å²) in [6.45, 7) is 3.01. The van der Waals surface area contributed by atoms with Crippen molar-refractivity contribution in [3.05, 3.63) is 42.1 Å². The van der Waals surface area contributed by atoms with Gasteiger partial charge in [0.1, 0.15) is 5.76 Å². The van der Waals surface area contributed by atoms with Crippen LogP contribution in [0.3, 0.4) is 0 Å². The number of amides is 1. The van der Waals surface area contributed by atoms with Crippen molar-refractivity contribution in [3.8, 4) is 0 Å². The van der Waals surface area contributed by atoms with Crippen LogP contribution in [0.4, 0.5) is 0 Å². The zero-order valence-corrected chi connectivity index (χ0v) is 14.6. The summed E-state index contributed by atoms with van der Waals surface area (Å²) >= 11 is 0. The molecule has 130 valence electrons. The molecule has 1 N–H and O–H groups in total. The van der Waals surface area contributed by atoms with Gasteiger partial charge in [-0.3, -0.25) is 9.48 Å². The summed E-state index contributed by atoms with van der Waals surface area (Å²) in [4.78, 5) is 14.0. The number of nitrogens with zero attached hydrogens (tertiary/aromatic N) is 3. The molecule has 3 atom stereocenters. The lowest BCUT2D eigenvalue weighted by Crippen LogP contribution is -2.34. The third kappa shape index (κ3) is 3.70. The molecule has 1 fully saturated rings. The lowest BCUT2D eigenvalue weighted by atomic mass is 9.95. The molecule has 1 unspecified atom stereocenters. The fourth-order valence-corrected chi connectivity index (χ4v) is 3.49. The quantitative estimate of drug-likeness (QED) is 0.845. The van der Waals surface area contributed by atoms with E-state index < -0.39 is 0 Å². The largest absolute Gasteiger partial charge is 0.469 e. The van der Waals surface area contributed by atoms with Gasteiger partial charge in [-0.15, -0.1) is 0 Å². The molecular formula is C18H26N4O2. The average Bonchev–Trinajstić information content (AvgIpc) is 3.26. The molecule has 0 bridgehead atoms. The molecule has 2 aromatic rings. The maximum absolute atomic E-state index is 12.2. The second kappa shape index (κ2) is 7.21. The van der Waals surface area contributed by atoms with Gasteiger partial charge in [0.05, 0.1) is 18.5 Å². The Hall–Kier alpha value is -2.08. The molecule has 1 aliphatic rings. The van der Waals surface area contributed by atoms with Crippen molar-refractivity contribution >= 4 is 5.91 Å². The van der Waals surface area contributed by atoms with Crippen LogP contribution in [0, 0.1) is 5.92 Å². The minimum Gasteiger partial charge on any atom is -0.469 e.